The van der Waals surface area contributed by atoms with E-state index in [0.29, 0.717) is 23.7 Å². The number of carboxylic acid groups (broad SMARTS) is 1. The average Bonchev–Trinajstić information content (AvgIpc) is 2.85. The predicted molar refractivity (Wildman–Crippen MR) is 77.8 cm³/mol. The Morgan fingerprint density at radius 2 is 2.19 bits per heavy atom. The maximum atomic E-state index is 11.3. The number of aromatic nitrogens is 3. The number of rotatable bonds is 6. The summed E-state index contributed by atoms with van der Waals surface area (Å²) in [4.78, 5) is 11.3. The van der Waals surface area contributed by atoms with Crippen molar-refractivity contribution in [1.82, 2.24) is 15.0 Å². The quantitative estimate of drug-likeness (QED) is 0.886. The van der Waals surface area contributed by atoms with E-state index in [0.717, 1.165) is 5.56 Å². The molecular formula is C14H16ClN3O3. The number of aromatic carboxylic acids is 1. The number of benzene rings is 1. The molecule has 0 fully saturated rings. The molecule has 6 nitrogen and oxygen atoms in total. The Morgan fingerprint density at radius 3 is 2.81 bits per heavy atom. The van der Waals surface area contributed by atoms with E-state index in [1.165, 1.54) is 0 Å². The average molecular weight is 310 g/mol. The van der Waals surface area contributed by atoms with E-state index in [-0.39, 0.29) is 11.7 Å². The van der Waals surface area contributed by atoms with Crippen LogP contribution in [0.25, 0.3) is 0 Å². The van der Waals surface area contributed by atoms with Gasteiger partial charge in [0.05, 0.1) is 18.3 Å². The molecule has 0 aliphatic carbocycles. The number of nitrogens with zero attached hydrogens (tertiary/aromatic N) is 3. The third kappa shape index (κ3) is 3.40. The molecule has 0 aliphatic rings. The SMILES string of the molecule is COCC(C)n1nnc(C(=O)O)c1Cc1ccccc1Cl. The van der Waals surface area contributed by atoms with Gasteiger partial charge in [-0.25, -0.2) is 9.48 Å². The molecule has 2 aromatic rings. The number of hydrogen-bond donors (Lipinski definition) is 1. The summed E-state index contributed by atoms with van der Waals surface area (Å²) in [7, 11) is 1.58. The zero-order valence-corrected chi connectivity index (χ0v) is 12.5. The Kier molecular flexibility index (Phi) is 4.93. The van der Waals surface area contributed by atoms with Crippen molar-refractivity contribution in [3.63, 3.8) is 0 Å². The monoisotopic (exact) mass is 309 g/mol. The van der Waals surface area contributed by atoms with Crippen molar-refractivity contribution in [2.75, 3.05) is 13.7 Å². The van der Waals surface area contributed by atoms with Crippen LogP contribution in [0, 0.1) is 0 Å². The third-order valence-corrected chi connectivity index (χ3v) is 3.50. The number of carboxylic acids is 1. The summed E-state index contributed by atoms with van der Waals surface area (Å²) >= 11 is 6.14. The molecule has 0 radical (unpaired) electrons. The lowest BCUT2D eigenvalue weighted by Crippen LogP contribution is -2.17. The second-order valence-electron chi connectivity index (χ2n) is 4.71. The number of carbonyl (C=O) groups is 1. The Morgan fingerprint density at radius 1 is 1.48 bits per heavy atom. The van der Waals surface area contributed by atoms with E-state index in [1.807, 2.05) is 25.1 Å². The van der Waals surface area contributed by atoms with Crippen molar-refractivity contribution >= 4 is 17.6 Å². The smallest absolute Gasteiger partial charge is 0.358 e. The largest absolute Gasteiger partial charge is 0.476 e. The van der Waals surface area contributed by atoms with E-state index in [9.17, 15) is 9.90 Å². The zero-order valence-electron chi connectivity index (χ0n) is 11.8. The molecule has 0 bridgehead atoms. The molecule has 1 aromatic carbocycles. The topological polar surface area (TPSA) is 77.2 Å². The summed E-state index contributed by atoms with van der Waals surface area (Å²) in [6.45, 7) is 2.30. The Bertz CT molecular complexity index is 642. The van der Waals surface area contributed by atoms with Crippen LogP contribution in [-0.2, 0) is 11.2 Å². The van der Waals surface area contributed by atoms with Crippen LogP contribution in [-0.4, -0.2) is 39.8 Å². The highest BCUT2D eigenvalue weighted by atomic mass is 35.5. The minimum Gasteiger partial charge on any atom is -0.476 e. The van der Waals surface area contributed by atoms with Crippen LogP contribution in [0.4, 0.5) is 0 Å². The third-order valence-electron chi connectivity index (χ3n) is 3.13. The molecule has 21 heavy (non-hydrogen) atoms. The first-order valence-corrected chi connectivity index (χ1v) is 6.82. The normalized spacial score (nSPS) is 12.3. The van der Waals surface area contributed by atoms with E-state index < -0.39 is 5.97 Å². The lowest BCUT2D eigenvalue weighted by molar-refractivity contribution is 0.0689. The standard InChI is InChI=1S/C14H16ClN3O3/c1-9(8-21-2)18-12(13(14(19)20)16-17-18)7-10-5-3-4-6-11(10)15/h3-6,9H,7-8H2,1-2H3,(H,19,20). The van der Waals surface area contributed by atoms with Crippen molar-refractivity contribution < 1.29 is 14.6 Å². The Hall–Kier alpha value is -1.92. The molecule has 112 valence electrons. The molecule has 1 unspecified atom stereocenters. The summed E-state index contributed by atoms with van der Waals surface area (Å²) < 4.78 is 6.67. The Balaban J connectivity index is 2.42. The van der Waals surface area contributed by atoms with Crippen LogP contribution in [0.3, 0.4) is 0 Å². The molecule has 1 heterocycles. The highest BCUT2D eigenvalue weighted by Crippen LogP contribution is 2.22. The molecule has 2 rings (SSSR count). The van der Waals surface area contributed by atoms with E-state index in [2.05, 4.69) is 10.3 Å². The highest BCUT2D eigenvalue weighted by Gasteiger charge is 2.22. The lowest BCUT2D eigenvalue weighted by atomic mass is 10.1. The molecule has 7 heteroatoms. The van der Waals surface area contributed by atoms with E-state index in [4.69, 9.17) is 16.3 Å². The van der Waals surface area contributed by atoms with Gasteiger partial charge in [-0.15, -0.1) is 5.10 Å². The first-order chi connectivity index (χ1) is 10.0. The maximum absolute atomic E-state index is 11.3. The van der Waals surface area contributed by atoms with Gasteiger partial charge in [0, 0.05) is 18.6 Å². The molecule has 0 amide bonds. The molecule has 0 saturated heterocycles. The van der Waals surface area contributed by atoms with Gasteiger partial charge in [0.15, 0.2) is 5.69 Å². The lowest BCUT2D eigenvalue weighted by Gasteiger charge is -2.14. The van der Waals surface area contributed by atoms with Crippen LogP contribution in [0.5, 0.6) is 0 Å². The molecule has 0 saturated carbocycles. The zero-order chi connectivity index (χ0) is 15.4. The second-order valence-corrected chi connectivity index (χ2v) is 5.11. The van der Waals surface area contributed by atoms with Gasteiger partial charge in [-0.05, 0) is 18.6 Å². The van der Waals surface area contributed by atoms with Gasteiger partial charge < -0.3 is 9.84 Å². The van der Waals surface area contributed by atoms with Crippen LogP contribution < -0.4 is 0 Å². The maximum Gasteiger partial charge on any atom is 0.358 e. The van der Waals surface area contributed by atoms with Gasteiger partial charge in [0.2, 0.25) is 0 Å². The van der Waals surface area contributed by atoms with Crippen molar-refractivity contribution in [1.29, 1.82) is 0 Å². The fourth-order valence-electron chi connectivity index (χ4n) is 2.13. The van der Waals surface area contributed by atoms with Crippen molar-refractivity contribution in [2.45, 2.75) is 19.4 Å². The molecule has 0 aliphatic heterocycles. The molecule has 0 spiro atoms. The van der Waals surface area contributed by atoms with Crippen LogP contribution in [0.15, 0.2) is 24.3 Å². The van der Waals surface area contributed by atoms with Gasteiger partial charge in [-0.1, -0.05) is 35.0 Å². The predicted octanol–water partition coefficient (Wildman–Crippen LogP) is 2.43. The van der Waals surface area contributed by atoms with Gasteiger partial charge >= 0.3 is 5.97 Å². The first-order valence-electron chi connectivity index (χ1n) is 6.44. The minimum atomic E-state index is -1.10. The van der Waals surface area contributed by atoms with Crippen LogP contribution in [0.1, 0.15) is 34.7 Å². The van der Waals surface area contributed by atoms with Crippen molar-refractivity contribution in [3.8, 4) is 0 Å². The molecule has 1 N–H and O–H groups in total. The molecule has 1 aromatic heterocycles. The van der Waals surface area contributed by atoms with Crippen LogP contribution in [0.2, 0.25) is 5.02 Å². The van der Waals surface area contributed by atoms with Crippen molar-refractivity contribution in [3.05, 3.63) is 46.2 Å². The first kappa shape index (κ1) is 15.5. The van der Waals surface area contributed by atoms with Gasteiger partial charge in [0.25, 0.3) is 0 Å². The van der Waals surface area contributed by atoms with E-state index >= 15 is 0 Å². The summed E-state index contributed by atoms with van der Waals surface area (Å²) in [5.41, 5.74) is 1.29. The minimum absolute atomic E-state index is 0.0575. The fourth-order valence-corrected chi connectivity index (χ4v) is 2.33. The summed E-state index contributed by atoms with van der Waals surface area (Å²) in [5.74, 6) is -1.10. The Labute approximate surface area is 127 Å². The van der Waals surface area contributed by atoms with Crippen molar-refractivity contribution in [2.24, 2.45) is 0 Å². The van der Waals surface area contributed by atoms with Gasteiger partial charge in [-0.3, -0.25) is 0 Å². The number of hydrogen-bond acceptors (Lipinski definition) is 4. The van der Waals surface area contributed by atoms with E-state index in [1.54, 1.807) is 17.9 Å². The summed E-state index contributed by atoms with van der Waals surface area (Å²) in [5, 5.41) is 17.5. The molecular weight excluding hydrogens is 294 g/mol. The van der Waals surface area contributed by atoms with Gasteiger partial charge in [0.1, 0.15) is 0 Å². The number of halogens is 1. The second kappa shape index (κ2) is 6.69. The van der Waals surface area contributed by atoms with Gasteiger partial charge in [-0.2, -0.15) is 0 Å². The highest BCUT2D eigenvalue weighted by molar-refractivity contribution is 6.31. The number of ether oxygens (including phenoxy) is 1. The molecule has 1 atom stereocenters. The summed E-state index contributed by atoms with van der Waals surface area (Å²) in [6.07, 6.45) is 0.350. The summed E-state index contributed by atoms with van der Waals surface area (Å²) in [6, 6.07) is 7.19. The fraction of sp³-hybridized carbons (Fsp3) is 0.357. The van der Waals surface area contributed by atoms with Crippen LogP contribution >= 0.6 is 11.6 Å². The number of methoxy groups -OCH3 is 1.